The van der Waals surface area contributed by atoms with Crippen LogP contribution in [0.4, 0.5) is 5.69 Å². The van der Waals surface area contributed by atoms with E-state index in [0.717, 1.165) is 22.5 Å². The third-order valence-corrected chi connectivity index (χ3v) is 4.54. The van der Waals surface area contributed by atoms with Gasteiger partial charge in [-0.2, -0.15) is 5.10 Å². The van der Waals surface area contributed by atoms with Crippen molar-refractivity contribution in [2.24, 2.45) is 0 Å². The molecule has 0 radical (unpaired) electrons. The largest absolute Gasteiger partial charge is 0.452 e. The van der Waals surface area contributed by atoms with Gasteiger partial charge in [0, 0.05) is 11.9 Å². The van der Waals surface area contributed by atoms with Crippen molar-refractivity contribution < 1.29 is 14.3 Å². The van der Waals surface area contributed by atoms with Crippen molar-refractivity contribution in [3.05, 3.63) is 69.6 Å². The maximum atomic E-state index is 12.2. The summed E-state index contributed by atoms with van der Waals surface area (Å²) in [5, 5.41) is 7.46. The molecule has 8 heteroatoms. The van der Waals surface area contributed by atoms with Crippen LogP contribution in [0.3, 0.4) is 0 Å². The molecule has 1 aromatic carbocycles. The number of nitrogens with one attached hydrogen (secondary N) is 1. The Labute approximate surface area is 173 Å². The molecule has 2 heterocycles. The fourth-order valence-electron chi connectivity index (χ4n) is 2.96. The molecule has 3 rings (SSSR count). The van der Waals surface area contributed by atoms with Gasteiger partial charge in [0.2, 0.25) is 0 Å². The molecule has 1 N–H and O–H groups in total. The fraction of sp³-hybridized carbons (Fsp3) is 0.238. The van der Waals surface area contributed by atoms with E-state index in [-0.39, 0.29) is 5.56 Å². The summed E-state index contributed by atoms with van der Waals surface area (Å²) < 4.78 is 6.77. The summed E-state index contributed by atoms with van der Waals surface area (Å²) in [6, 6.07) is 8.85. The van der Waals surface area contributed by atoms with Crippen molar-refractivity contribution in [3.63, 3.8) is 0 Å². The molecule has 3 aromatic rings. The molecule has 150 valence electrons. The lowest BCUT2D eigenvalue weighted by molar-refractivity contribution is -0.119. The Hall–Kier alpha value is -3.19. The molecule has 7 nitrogen and oxygen atoms in total. The zero-order valence-corrected chi connectivity index (χ0v) is 17.4. The molecule has 0 spiro atoms. The summed E-state index contributed by atoms with van der Waals surface area (Å²) >= 11 is 6.18. The van der Waals surface area contributed by atoms with Gasteiger partial charge >= 0.3 is 5.97 Å². The molecule has 0 saturated carbocycles. The van der Waals surface area contributed by atoms with Crippen LogP contribution in [-0.2, 0) is 9.53 Å². The zero-order valence-electron chi connectivity index (χ0n) is 16.6. The molecule has 0 atom stereocenters. The van der Waals surface area contributed by atoms with E-state index in [1.165, 1.54) is 6.20 Å². The molecule has 0 saturated heterocycles. The molecule has 0 unspecified atom stereocenters. The smallest absolute Gasteiger partial charge is 0.340 e. The first-order valence-electron chi connectivity index (χ1n) is 8.98. The number of hydrogen-bond donors (Lipinski definition) is 1. The first-order valence-corrected chi connectivity index (χ1v) is 9.36. The van der Waals surface area contributed by atoms with Crippen LogP contribution >= 0.6 is 11.6 Å². The number of pyridine rings is 1. The van der Waals surface area contributed by atoms with E-state index in [0.29, 0.717) is 16.5 Å². The SMILES string of the molecule is Cc1cc(C)c(NC(=O)COC(=O)c2ccc(-n3nc(C)cc3C)nc2)c(Cl)c1. The van der Waals surface area contributed by atoms with E-state index in [1.807, 2.05) is 39.8 Å². The Balaban J connectivity index is 1.61. The van der Waals surface area contributed by atoms with Crippen LogP contribution in [-0.4, -0.2) is 33.2 Å². The van der Waals surface area contributed by atoms with Gasteiger partial charge < -0.3 is 10.1 Å². The molecule has 0 bridgehead atoms. The summed E-state index contributed by atoms with van der Waals surface area (Å²) in [6.45, 7) is 7.15. The number of amides is 1. The molecule has 0 fully saturated rings. The predicted octanol–water partition coefficient (Wildman–Crippen LogP) is 3.95. The van der Waals surface area contributed by atoms with Crippen molar-refractivity contribution in [1.29, 1.82) is 0 Å². The van der Waals surface area contributed by atoms with E-state index in [4.69, 9.17) is 16.3 Å². The number of rotatable bonds is 5. The van der Waals surface area contributed by atoms with Gasteiger partial charge in [-0.1, -0.05) is 17.7 Å². The summed E-state index contributed by atoms with van der Waals surface area (Å²) in [4.78, 5) is 28.6. The number of esters is 1. The van der Waals surface area contributed by atoms with Gasteiger partial charge in [0.15, 0.2) is 12.4 Å². The Kier molecular flexibility index (Phi) is 5.98. The number of hydrogen-bond acceptors (Lipinski definition) is 5. The molecule has 2 aromatic heterocycles. The highest BCUT2D eigenvalue weighted by Gasteiger charge is 2.14. The fourth-order valence-corrected chi connectivity index (χ4v) is 3.33. The summed E-state index contributed by atoms with van der Waals surface area (Å²) in [6.07, 6.45) is 1.40. The third-order valence-electron chi connectivity index (χ3n) is 4.24. The standard InChI is InChI=1S/C21H21ClN4O3/c1-12-7-13(2)20(17(22)8-12)24-19(27)11-29-21(28)16-5-6-18(23-10-16)26-15(4)9-14(3)25-26/h5-10H,11H2,1-4H3,(H,24,27). The topological polar surface area (TPSA) is 86.1 Å². The second-order valence-corrected chi connectivity index (χ2v) is 7.21. The maximum Gasteiger partial charge on any atom is 0.340 e. The first-order chi connectivity index (χ1) is 13.7. The Morgan fingerprint density at radius 1 is 1.14 bits per heavy atom. The highest BCUT2D eigenvalue weighted by molar-refractivity contribution is 6.34. The number of carbonyl (C=O) groups excluding carboxylic acids is 2. The molecule has 0 aliphatic rings. The van der Waals surface area contributed by atoms with E-state index in [2.05, 4.69) is 15.4 Å². The number of aromatic nitrogens is 3. The van der Waals surface area contributed by atoms with Crippen molar-refractivity contribution in [3.8, 4) is 5.82 Å². The highest BCUT2D eigenvalue weighted by Crippen LogP contribution is 2.27. The van der Waals surface area contributed by atoms with Crippen molar-refractivity contribution in [2.75, 3.05) is 11.9 Å². The van der Waals surface area contributed by atoms with Gasteiger partial charge in [0.25, 0.3) is 5.91 Å². The number of aryl methyl sites for hydroxylation is 4. The molecule has 29 heavy (non-hydrogen) atoms. The van der Waals surface area contributed by atoms with E-state index in [1.54, 1.807) is 22.9 Å². The molecule has 0 aliphatic heterocycles. The van der Waals surface area contributed by atoms with Gasteiger partial charge in [-0.15, -0.1) is 0 Å². The average Bonchev–Trinajstić information content (AvgIpc) is 3.01. The molecular formula is C21H21ClN4O3. The quantitative estimate of drug-likeness (QED) is 0.641. The predicted molar refractivity (Wildman–Crippen MR) is 111 cm³/mol. The summed E-state index contributed by atoms with van der Waals surface area (Å²) in [5.74, 6) is -0.520. The monoisotopic (exact) mass is 412 g/mol. The molecule has 0 aliphatic carbocycles. The lowest BCUT2D eigenvalue weighted by Gasteiger charge is -2.12. The summed E-state index contributed by atoms with van der Waals surface area (Å²) in [7, 11) is 0. The Morgan fingerprint density at radius 2 is 1.90 bits per heavy atom. The van der Waals surface area contributed by atoms with Crippen molar-refractivity contribution in [1.82, 2.24) is 14.8 Å². The van der Waals surface area contributed by atoms with Crippen LogP contribution in [0.2, 0.25) is 5.02 Å². The van der Waals surface area contributed by atoms with Crippen LogP contribution in [0.15, 0.2) is 36.5 Å². The molecule has 1 amide bonds. The van der Waals surface area contributed by atoms with Gasteiger partial charge in [0.05, 0.1) is 22.0 Å². The van der Waals surface area contributed by atoms with Crippen LogP contribution in [0.25, 0.3) is 5.82 Å². The normalized spacial score (nSPS) is 10.7. The second kappa shape index (κ2) is 8.45. The van der Waals surface area contributed by atoms with Crippen LogP contribution in [0.1, 0.15) is 32.9 Å². The summed E-state index contributed by atoms with van der Waals surface area (Å²) in [5.41, 5.74) is 4.39. The highest BCUT2D eigenvalue weighted by atomic mass is 35.5. The van der Waals surface area contributed by atoms with Crippen LogP contribution in [0.5, 0.6) is 0 Å². The van der Waals surface area contributed by atoms with E-state index >= 15 is 0 Å². The van der Waals surface area contributed by atoms with Crippen LogP contribution < -0.4 is 5.32 Å². The maximum absolute atomic E-state index is 12.2. The minimum atomic E-state index is -0.640. The zero-order chi connectivity index (χ0) is 21.1. The Morgan fingerprint density at radius 3 is 2.48 bits per heavy atom. The number of anilines is 1. The number of nitrogens with zero attached hydrogens (tertiary/aromatic N) is 3. The Bertz CT molecular complexity index is 1050. The van der Waals surface area contributed by atoms with Crippen molar-refractivity contribution >= 4 is 29.2 Å². The minimum Gasteiger partial charge on any atom is -0.452 e. The second-order valence-electron chi connectivity index (χ2n) is 6.81. The number of ether oxygens (including phenoxy) is 1. The number of halogens is 1. The lowest BCUT2D eigenvalue weighted by atomic mass is 10.1. The lowest BCUT2D eigenvalue weighted by Crippen LogP contribution is -2.21. The number of carbonyl (C=O) groups is 2. The third kappa shape index (κ3) is 4.81. The van der Waals surface area contributed by atoms with Crippen molar-refractivity contribution in [2.45, 2.75) is 27.7 Å². The average molecular weight is 413 g/mol. The van der Waals surface area contributed by atoms with Gasteiger partial charge in [-0.3, -0.25) is 4.79 Å². The van der Waals surface area contributed by atoms with Crippen LogP contribution in [0, 0.1) is 27.7 Å². The number of benzene rings is 1. The molecular weight excluding hydrogens is 392 g/mol. The van der Waals surface area contributed by atoms with E-state index in [9.17, 15) is 9.59 Å². The van der Waals surface area contributed by atoms with Gasteiger partial charge in [-0.05, 0) is 63.1 Å². The van der Waals surface area contributed by atoms with Gasteiger partial charge in [-0.25, -0.2) is 14.5 Å². The van der Waals surface area contributed by atoms with Gasteiger partial charge in [0.1, 0.15) is 0 Å². The van der Waals surface area contributed by atoms with E-state index < -0.39 is 18.5 Å². The minimum absolute atomic E-state index is 0.243. The first kappa shape index (κ1) is 20.5.